The van der Waals surface area contributed by atoms with Crippen molar-refractivity contribution >= 4 is 27.5 Å². The first-order chi connectivity index (χ1) is 24.2. The smallest absolute Gasteiger partial charge is 0.264 e. The van der Waals surface area contributed by atoms with Crippen molar-refractivity contribution in [1.82, 2.24) is 10.2 Å². The highest BCUT2D eigenvalue weighted by molar-refractivity contribution is 7.92. The molecule has 1 aliphatic carbocycles. The zero-order valence-corrected chi connectivity index (χ0v) is 28.9. The lowest BCUT2D eigenvalue weighted by Crippen LogP contribution is -2.55. The van der Waals surface area contributed by atoms with Gasteiger partial charge in [0.1, 0.15) is 31.6 Å². The largest absolute Gasteiger partial charge is 0.486 e. The number of ether oxygens (including phenoxy) is 2. The molecular weight excluding hydrogens is 658 g/mol. The maximum atomic E-state index is 14.7. The van der Waals surface area contributed by atoms with Crippen molar-refractivity contribution in [3.63, 3.8) is 0 Å². The van der Waals surface area contributed by atoms with Crippen LogP contribution in [-0.4, -0.2) is 57.0 Å². The fourth-order valence-corrected chi connectivity index (χ4v) is 7.87. The average Bonchev–Trinajstić information content (AvgIpc) is 3.13. The summed E-state index contributed by atoms with van der Waals surface area (Å²) >= 11 is 0. The lowest BCUT2D eigenvalue weighted by Gasteiger charge is -2.35. The quantitative estimate of drug-likeness (QED) is 0.189. The Kier molecular flexibility index (Phi) is 11.0. The number of rotatable bonds is 12. The van der Waals surface area contributed by atoms with Crippen LogP contribution in [0.4, 0.5) is 10.1 Å². The summed E-state index contributed by atoms with van der Waals surface area (Å²) in [6.45, 7) is 1.99. The molecule has 0 saturated heterocycles. The number of sulfonamides is 1. The Morgan fingerprint density at radius 2 is 1.52 bits per heavy atom. The van der Waals surface area contributed by atoms with E-state index in [0.717, 1.165) is 65.2 Å². The molecule has 1 atom stereocenters. The molecule has 50 heavy (non-hydrogen) atoms. The molecule has 1 unspecified atom stereocenters. The van der Waals surface area contributed by atoms with E-state index in [1.165, 1.54) is 35.2 Å². The Morgan fingerprint density at radius 1 is 0.840 bits per heavy atom. The van der Waals surface area contributed by atoms with E-state index in [-0.39, 0.29) is 47.9 Å². The molecule has 0 aromatic heterocycles. The van der Waals surface area contributed by atoms with Crippen LogP contribution in [0.5, 0.6) is 11.5 Å². The first kappa shape index (κ1) is 34.9. The number of amides is 2. The van der Waals surface area contributed by atoms with Gasteiger partial charge in [0, 0.05) is 25.1 Å². The maximum Gasteiger partial charge on any atom is 0.264 e. The molecule has 262 valence electrons. The third kappa shape index (κ3) is 8.45. The summed E-state index contributed by atoms with van der Waals surface area (Å²) in [6.07, 6.45) is 5.11. The molecule has 2 amide bonds. The monoisotopic (exact) mass is 699 g/mol. The van der Waals surface area contributed by atoms with Crippen LogP contribution in [0.1, 0.15) is 48.8 Å². The van der Waals surface area contributed by atoms with Crippen molar-refractivity contribution in [2.45, 2.75) is 69.0 Å². The number of carbonyl (C=O) groups excluding carboxylic acids is 2. The van der Waals surface area contributed by atoms with Crippen molar-refractivity contribution < 1.29 is 31.9 Å². The van der Waals surface area contributed by atoms with Crippen molar-refractivity contribution in [3.05, 3.63) is 120 Å². The first-order valence-corrected chi connectivity index (χ1v) is 18.5. The van der Waals surface area contributed by atoms with Gasteiger partial charge in [-0.25, -0.2) is 12.8 Å². The number of carbonyl (C=O) groups is 2. The zero-order valence-electron chi connectivity index (χ0n) is 28.1. The highest BCUT2D eigenvalue weighted by Gasteiger charge is 2.36. The summed E-state index contributed by atoms with van der Waals surface area (Å²) < 4.78 is 55.1. The van der Waals surface area contributed by atoms with E-state index in [4.69, 9.17) is 9.47 Å². The molecule has 1 aliphatic heterocycles. The fraction of sp³-hybridized carbons (Fsp3) is 0.333. The molecule has 2 aliphatic rings. The highest BCUT2D eigenvalue weighted by Crippen LogP contribution is 2.34. The number of hydrogen-bond donors (Lipinski definition) is 1. The van der Waals surface area contributed by atoms with Gasteiger partial charge in [0.25, 0.3) is 10.0 Å². The number of aryl methyl sites for hydroxylation is 1. The Hall–Kier alpha value is -4.90. The van der Waals surface area contributed by atoms with E-state index in [9.17, 15) is 22.4 Å². The lowest BCUT2D eigenvalue weighted by atomic mass is 9.94. The molecule has 1 heterocycles. The van der Waals surface area contributed by atoms with E-state index < -0.39 is 34.3 Å². The summed E-state index contributed by atoms with van der Waals surface area (Å²) in [5, 5.41) is 3.21. The Labute approximate surface area is 293 Å². The van der Waals surface area contributed by atoms with Crippen LogP contribution >= 0.6 is 0 Å². The van der Waals surface area contributed by atoms with Gasteiger partial charge in [0.2, 0.25) is 11.8 Å². The van der Waals surface area contributed by atoms with E-state index in [2.05, 4.69) is 5.32 Å². The third-order valence-corrected chi connectivity index (χ3v) is 11.0. The number of nitrogens with zero attached hydrogens (tertiary/aromatic N) is 2. The summed E-state index contributed by atoms with van der Waals surface area (Å²) in [5.41, 5.74) is 2.78. The van der Waals surface area contributed by atoms with Gasteiger partial charge in [0.15, 0.2) is 11.5 Å². The van der Waals surface area contributed by atoms with Gasteiger partial charge >= 0.3 is 0 Å². The SMILES string of the molecule is Cc1ccc(CN(C(=O)CN(c2ccc(F)cc2)S(=O)(=O)c2ccc3c(c2)OCCO3)C(Cc2ccccc2)C(=O)NC2CCCCC2)cc1. The van der Waals surface area contributed by atoms with Crippen molar-refractivity contribution in [2.24, 2.45) is 0 Å². The van der Waals surface area contributed by atoms with Gasteiger partial charge in [-0.1, -0.05) is 79.4 Å². The van der Waals surface area contributed by atoms with Gasteiger partial charge in [0.05, 0.1) is 10.6 Å². The Morgan fingerprint density at radius 3 is 2.22 bits per heavy atom. The molecule has 0 radical (unpaired) electrons. The van der Waals surface area contributed by atoms with E-state index in [0.29, 0.717) is 12.4 Å². The number of hydrogen-bond acceptors (Lipinski definition) is 6. The van der Waals surface area contributed by atoms with Gasteiger partial charge in [-0.05, 0) is 67.3 Å². The topological polar surface area (TPSA) is 105 Å². The minimum Gasteiger partial charge on any atom is -0.486 e. The van der Waals surface area contributed by atoms with Crippen LogP contribution in [0.25, 0.3) is 0 Å². The molecular formula is C39H42FN3O6S. The molecule has 6 rings (SSSR count). The van der Waals surface area contributed by atoms with Crippen molar-refractivity contribution in [1.29, 1.82) is 0 Å². The lowest BCUT2D eigenvalue weighted by molar-refractivity contribution is -0.140. The molecule has 1 saturated carbocycles. The second kappa shape index (κ2) is 15.8. The van der Waals surface area contributed by atoms with Crippen molar-refractivity contribution in [2.75, 3.05) is 24.1 Å². The number of benzene rings is 4. The fourth-order valence-electron chi connectivity index (χ4n) is 6.44. The standard InChI is InChI=1S/C39H42FN3O6S/c1-28-12-14-30(15-13-28)26-42(35(24-29-8-4-2-5-9-29)39(45)41-32-10-6-3-7-11-32)38(44)27-43(33-18-16-31(40)17-19-33)50(46,47)34-20-21-36-37(25-34)49-23-22-48-36/h2,4-5,8-9,12-21,25,32,35H,3,6-7,10-11,22-24,26-27H2,1H3,(H,41,45). The minimum absolute atomic E-state index is 0.00264. The molecule has 4 aromatic rings. The van der Waals surface area contributed by atoms with E-state index >= 15 is 0 Å². The number of anilines is 1. The van der Waals surface area contributed by atoms with Crippen LogP contribution in [0.15, 0.2) is 102 Å². The van der Waals surface area contributed by atoms with Gasteiger partial charge in [-0.15, -0.1) is 0 Å². The summed E-state index contributed by atoms with van der Waals surface area (Å²) in [6, 6.07) is 25.4. The summed E-state index contributed by atoms with van der Waals surface area (Å²) in [4.78, 5) is 30.3. The molecule has 0 bridgehead atoms. The zero-order chi connectivity index (χ0) is 35.1. The molecule has 9 nitrogen and oxygen atoms in total. The molecule has 1 fully saturated rings. The molecule has 1 N–H and O–H groups in total. The predicted octanol–water partition coefficient (Wildman–Crippen LogP) is 6.19. The minimum atomic E-state index is -4.41. The van der Waals surface area contributed by atoms with Crippen LogP contribution in [0.3, 0.4) is 0 Å². The predicted molar refractivity (Wildman–Crippen MR) is 189 cm³/mol. The maximum absolute atomic E-state index is 14.7. The number of halogens is 1. The Bertz CT molecular complexity index is 1880. The van der Waals surface area contributed by atoms with Crippen LogP contribution < -0.4 is 19.1 Å². The van der Waals surface area contributed by atoms with Gasteiger partial charge < -0.3 is 19.7 Å². The molecule has 0 spiro atoms. The third-order valence-electron chi connectivity index (χ3n) is 9.19. The normalized spacial score (nSPS) is 15.2. The van der Waals surface area contributed by atoms with Crippen LogP contribution in [0, 0.1) is 12.7 Å². The second-order valence-electron chi connectivity index (χ2n) is 12.8. The van der Waals surface area contributed by atoms with E-state index in [1.54, 1.807) is 0 Å². The molecule has 4 aromatic carbocycles. The highest BCUT2D eigenvalue weighted by atomic mass is 32.2. The van der Waals surface area contributed by atoms with E-state index in [1.807, 2.05) is 61.5 Å². The van der Waals surface area contributed by atoms with Gasteiger partial charge in [-0.2, -0.15) is 0 Å². The first-order valence-electron chi connectivity index (χ1n) is 17.0. The Balaban J connectivity index is 1.39. The average molecular weight is 700 g/mol. The number of fused-ring (bicyclic) bond motifs is 1. The van der Waals surface area contributed by atoms with Crippen LogP contribution in [0.2, 0.25) is 0 Å². The summed E-state index contributed by atoms with van der Waals surface area (Å²) in [5.74, 6) is -0.748. The summed E-state index contributed by atoms with van der Waals surface area (Å²) in [7, 11) is -4.41. The second-order valence-corrected chi connectivity index (χ2v) is 14.7. The molecule has 11 heteroatoms. The van der Waals surface area contributed by atoms with Crippen molar-refractivity contribution in [3.8, 4) is 11.5 Å². The number of nitrogens with one attached hydrogen (secondary N) is 1. The van der Waals surface area contributed by atoms with Gasteiger partial charge in [-0.3, -0.25) is 13.9 Å². The van der Waals surface area contributed by atoms with Crippen LogP contribution in [-0.2, 0) is 32.6 Å².